The molecule has 0 aliphatic rings. The Labute approximate surface area is 246 Å². The Morgan fingerprint density at radius 2 is 1.02 bits per heavy atom. The van der Waals surface area contributed by atoms with Crippen LogP contribution >= 0.6 is 0 Å². The highest BCUT2D eigenvalue weighted by atomic mass is 15.1. The van der Waals surface area contributed by atoms with Crippen molar-refractivity contribution >= 4 is 70.4 Å². The highest BCUT2D eigenvalue weighted by Crippen LogP contribution is 2.45. The van der Waals surface area contributed by atoms with Crippen LogP contribution in [0, 0.1) is 0 Å². The summed E-state index contributed by atoms with van der Waals surface area (Å²) >= 11 is 0. The van der Waals surface area contributed by atoms with Crippen LogP contribution in [0.25, 0.3) is 92.8 Å². The van der Waals surface area contributed by atoms with Crippen LogP contribution in [0.2, 0.25) is 0 Å². The predicted molar refractivity (Wildman–Crippen MR) is 180 cm³/mol. The molecule has 10 aromatic rings. The predicted octanol–water partition coefficient (Wildman–Crippen LogP) is 10.4. The van der Waals surface area contributed by atoms with Crippen LogP contribution in [0.4, 0.5) is 0 Å². The third kappa shape index (κ3) is 3.14. The molecule has 0 N–H and O–H groups in total. The van der Waals surface area contributed by atoms with Gasteiger partial charge in [-0.1, -0.05) is 109 Å². The lowest BCUT2D eigenvalue weighted by Crippen LogP contribution is -1.90. The summed E-state index contributed by atoms with van der Waals surface area (Å²) < 4.78 is 1.96. The largest absolute Gasteiger partial charge is 0.291 e. The number of rotatable bonds is 2. The molecule has 0 saturated carbocycles. The summed E-state index contributed by atoms with van der Waals surface area (Å²) in [5.41, 5.74) is 4.43. The summed E-state index contributed by atoms with van der Waals surface area (Å²) in [7, 11) is 0. The minimum absolute atomic E-state index is 0.708. The van der Waals surface area contributed by atoms with Gasteiger partial charge in [-0.2, -0.15) is 0 Å². The first-order valence-corrected chi connectivity index (χ1v) is 14.7. The molecule has 2 aromatic heterocycles. The molecule has 0 bridgehead atoms. The molecule has 0 spiro atoms. The summed E-state index contributed by atoms with van der Waals surface area (Å²) in [6.45, 7) is 0. The average molecular weight is 546 g/mol. The fourth-order valence-electron chi connectivity index (χ4n) is 7.33. The molecule has 0 saturated heterocycles. The quantitative estimate of drug-likeness (QED) is 0.202. The second-order valence-electron chi connectivity index (χ2n) is 11.5. The van der Waals surface area contributed by atoms with Gasteiger partial charge in [0.25, 0.3) is 0 Å². The summed E-state index contributed by atoms with van der Waals surface area (Å²) in [5, 5.41) is 15.6. The average Bonchev–Trinajstić information content (AvgIpc) is 3.51. The van der Waals surface area contributed by atoms with Gasteiger partial charge in [-0.25, -0.2) is 9.97 Å². The van der Waals surface area contributed by atoms with E-state index in [1.54, 1.807) is 6.20 Å². The van der Waals surface area contributed by atoms with Crippen molar-refractivity contribution in [2.24, 2.45) is 0 Å². The van der Waals surface area contributed by atoms with Gasteiger partial charge in [-0.15, -0.1) is 0 Å². The van der Waals surface area contributed by atoms with Gasteiger partial charge in [0.15, 0.2) is 0 Å². The molecular weight excluding hydrogens is 522 g/mol. The first-order valence-electron chi connectivity index (χ1n) is 14.7. The molecule has 0 radical (unpaired) electrons. The van der Waals surface area contributed by atoms with Crippen molar-refractivity contribution < 1.29 is 0 Å². The van der Waals surface area contributed by atoms with Crippen molar-refractivity contribution in [3.63, 3.8) is 0 Å². The van der Waals surface area contributed by atoms with Gasteiger partial charge < -0.3 is 0 Å². The summed E-state index contributed by atoms with van der Waals surface area (Å²) in [4.78, 5) is 9.11. The number of nitrogens with zero attached hydrogens (tertiary/aromatic N) is 3. The fourth-order valence-corrected chi connectivity index (χ4v) is 7.33. The van der Waals surface area contributed by atoms with Crippen LogP contribution in [0.5, 0.6) is 0 Å². The van der Waals surface area contributed by atoms with Crippen molar-refractivity contribution in [1.82, 2.24) is 14.4 Å². The van der Waals surface area contributed by atoms with Gasteiger partial charge in [-0.3, -0.25) is 4.40 Å². The molecule has 0 aliphatic carbocycles. The maximum Gasteiger partial charge on any atom is 0.234 e. The van der Waals surface area contributed by atoms with E-state index in [0.717, 1.165) is 11.3 Å². The molecule has 2 heterocycles. The zero-order chi connectivity index (χ0) is 28.1. The van der Waals surface area contributed by atoms with Crippen LogP contribution in [0.15, 0.2) is 140 Å². The SMILES string of the molecule is c1cc2ccc3cccc4c5cccc6c(-c7ccc(-c8cn9cccnc9n8)cc7)cc7cccc(c(c1)c2c34)c7c65. The van der Waals surface area contributed by atoms with Gasteiger partial charge in [0, 0.05) is 24.2 Å². The van der Waals surface area contributed by atoms with Crippen LogP contribution in [-0.4, -0.2) is 14.4 Å². The van der Waals surface area contributed by atoms with Gasteiger partial charge in [0.05, 0.1) is 5.69 Å². The number of hydrogen-bond donors (Lipinski definition) is 0. The van der Waals surface area contributed by atoms with Crippen LogP contribution in [0.1, 0.15) is 0 Å². The van der Waals surface area contributed by atoms with E-state index in [2.05, 4.69) is 120 Å². The standard InChI is InChI=1S/C40H23N3/c1-6-26-18-19-27-7-2-10-31-32-12-4-13-33-34(24-14-16-25(17-15-24)35-23-43-21-5-20-41-40(43)42-35)22-28-8-3-11-30(38(28)39(32)33)29(9-1)36(26)37(27)31/h1-23H. The second kappa shape index (κ2) is 8.37. The van der Waals surface area contributed by atoms with E-state index in [-0.39, 0.29) is 0 Å². The number of hydrogen-bond acceptors (Lipinski definition) is 2. The van der Waals surface area contributed by atoms with Crippen molar-refractivity contribution in [2.45, 2.75) is 0 Å². The Hall–Kier alpha value is -5.80. The Morgan fingerprint density at radius 1 is 0.465 bits per heavy atom. The van der Waals surface area contributed by atoms with Gasteiger partial charge in [0.1, 0.15) is 0 Å². The molecular formula is C40H23N3. The molecule has 0 fully saturated rings. The number of aromatic nitrogens is 3. The third-order valence-electron chi connectivity index (χ3n) is 9.19. The Bertz CT molecular complexity index is 2680. The van der Waals surface area contributed by atoms with Gasteiger partial charge >= 0.3 is 0 Å². The molecule has 198 valence electrons. The monoisotopic (exact) mass is 545 g/mol. The molecule has 3 heteroatoms. The van der Waals surface area contributed by atoms with E-state index in [9.17, 15) is 0 Å². The van der Waals surface area contributed by atoms with Crippen molar-refractivity contribution in [3.05, 3.63) is 140 Å². The summed E-state index contributed by atoms with van der Waals surface area (Å²) in [6.07, 6.45) is 5.79. The minimum Gasteiger partial charge on any atom is -0.291 e. The summed E-state index contributed by atoms with van der Waals surface area (Å²) in [6, 6.07) is 44.7. The highest BCUT2D eigenvalue weighted by Gasteiger charge is 2.17. The maximum absolute atomic E-state index is 4.73. The van der Waals surface area contributed by atoms with E-state index in [1.807, 2.05) is 22.9 Å². The van der Waals surface area contributed by atoms with Crippen LogP contribution < -0.4 is 0 Å². The minimum atomic E-state index is 0.708. The van der Waals surface area contributed by atoms with E-state index < -0.39 is 0 Å². The topological polar surface area (TPSA) is 30.2 Å². The molecule has 0 unspecified atom stereocenters. The number of benzene rings is 7. The lowest BCUT2D eigenvalue weighted by Gasteiger charge is -2.18. The highest BCUT2D eigenvalue weighted by molar-refractivity contribution is 6.37. The third-order valence-corrected chi connectivity index (χ3v) is 9.19. The lowest BCUT2D eigenvalue weighted by atomic mass is 9.85. The van der Waals surface area contributed by atoms with Crippen LogP contribution in [0.3, 0.4) is 0 Å². The zero-order valence-corrected chi connectivity index (χ0v) is 23.1. The summed E-state index contributed by atoms with van der Waals surface area (Å²) in [5.74, 6) is 0.708. The number of imidazole rings is 1. The molecule has 43 heavy (non-hydrogen) atoms. The Morgan fingerprint density at radius 3 is 1.70 bits per heavy atom. The van der Waals surface area contributed by atoms with E-state index >= 15 is 0 Å². The molecule has 10 rings (SSSR count). The van der Waals surface area contributed by atoms with E-state index in [0.29, 0.717) is 5.78 Å². The van der Waals surface area contributed by atoms with Crippen molar-refractivity contribution in [3.8, 4) is 22.4 Å². The maximum atomic E-state index is 4.73. The van der Waals surface area contributed by atoms with Crippen LogP contribution in [-0.2, 0) is 0 Å². The molecule has 0 amide bonds. The molecule has 3 nitrogen and oxygen atoms in total. The normalized spacial score (nSPS) is 12.2. The zero-order valence-electron chi connectivity index (χ0n) is 23.1. The molecule has 0 atom stereocenters. The van der Waals surface area contributed by atoms with Gasteiger partial charge in [-0.05, 0) is 87.9 Å². The first kappa shape index (κ1) is 22.8. The Kier molecular flexibility index (Phi) is 4.45. The number of fused-ring (bicyclic) bond motifs is 3. The Balaban J connectivity index is 1.32. The molecule has 8 aromatic carbocycles. The first-order chi connectivity index (χ1) is 21.3. The second-order valence-corrected chi connectivity index (χ2v) is 11.5. The van der Waals surface area contributed by atoms with Crippen molar-refractivity contribution in [2.75, 3.05) is 0 Å². The smallest absolute Gasteiger partial charge is 0.234 e. The molecule has 0 aliphatic heterocycles. The lowest BCUT2D eigenvalue weighted by molar-refractivity contribution is 1.11. The van der Waals surface area contributed by atoms with E-state index in [4.69, 9.17) is 4.98 Å². The van der Waals surface area contributed by atoms with Crippen molar-refractivity contribution in [1.29, 1.82) is 0 Å². The van der Waals surface area contributed by atoms with Gasteiger partial charge in [0.2, 0.25) is 5.78 Å². The fraction of sp³-hybridized carbons (Fsp3) is 0. The van der Waals surface area contributed by atoms with E-state index in [1.165, 1.54) is 75.8 Å².